The van der Waals surface area contributed by atoms with Crippen LogP contribution in [-0.2, 0) is 0 Å². The van der Waals surface area contributed by atoms with Crippen LogP contribution in [0.2, 0.25) is 0 Å². The van der Waals surface area contributed by atoms with Gasteiger partial charge in [-0.3, -0.25) is 9.78 Å². The van der Waals surface area contributed by atoms with Crippen LogP contribution in [-0.4, -0.2) is 35.0 Å². The predicted octanol–water partition coefficient (Wildman–Crippen LogP) is 1.49. The summed E-state index contributed by atoms with van der Waals surface area (Å²) in [6, 6.07) is 9.57. The Labute approximate surface area is 117 Å². The average molecular weight is 268 g/mol. The van der Waals surface area contributed by atoms with Gasteiger partial charge in [-0.25, -0.2) is 4.98 Å². The highest BCUT2D eigenvalue weighted by molar-refractivity contribution is 5.94. The first kappa shape index (κ1) is 12.6. The summed E-state index contributed by atoms with van der Waals surface area (Å²) in [5, 5.41) is 3.05. The summed E-state index contributed by atoms with van der Waals surface area (Å²) in [5.74, 6) is 0.900. The fraction of sp³-hybridized carbons (Fsp3) is 0.267. The first-order chi connectivity index (χ1) is 9.83. The molecule has 1 fully saturated rings. The molecule has 0 aromatic carbocycles. The molecule has 102 valence electrons. The Hall–Kier alpha value is -2.43. The van der Waals surface area contributed by atoms with Crippen LogP contribution in [0.15, 0.2) is 48.9 Å². The fourth-order valence-corrected chi connectivity index (χ4v) is 2.39. The first-order valence-electron chi connectivity index (χ1n) is 6.70. The quantitative estimate of drug-likeness (QED) is 0.916. The van der Waals surface area contributed by atoms with Crippen LogP contribution in [0.1, 0.15) is 16.8 Å². The summed E-state index contributed by atoms with van der Waals surface area (Å²) in [7, 11) is 0. The minimum atomic E-state index is -0.0639. The van der Waals surface area contributed by atoms with Gasteiger partial charge in [0, 0.05) is 37.7 Å². The molecule has 20 heavy (non-hydrogen) atoms. The maximum absolute atomic E-state index is 12.1. The molecule has 0 bridgehead atoms. The van der Waals surface area contributed by atoms with E-state index in [2.05, 4.69) is 20.2 Å². The van der Waals surface area contributed by atoms with Crippen LogP contribution in [0.3, 0.4) is 0 Å². The van der Waals surface area contributed by atoms with Crippen molar-refractivity contribution in [2.24, 2.45) is 0 Å². The number of nitrogens with one attached hydrogen (secondary N) is 1. The van der Waals surface area contributed by atoms with Crippen LogP contribution in [0.4, 0.5) is 5.82 Å². The summed E-state index contributed by atoms with van der Waals surface area (Å²) >= 11 is 0. The fourth-order valence-electron chi connectivity index (χ4n) is 2.39. The first-order valence-corrected chi connectivity index (χ1v) is 6.70. The number of rotatable bonds is 3. The molecule has 1 aliphatic rings. The van der Waals surface area contributed by atoms with E-state index in [4.69, 9.17) is 0 Å². The Morgan fingerprint density at radius 3 is 2.95 bits per heavy atom. The van der Waals surface area contributed by atoms with Crippen LogP contribution in [0, 0.1) is 0 Å². The lowest BCUT2D eigenvalue weighted by Gasteiger charge is -2.17. The monoisotopic (exact) mass is 268 g/mol. The van der Waals surface area contributed by atoms with Crippen molar-refractivity contribution in [1.82, 2.24) is 15.3 Å². The molecule has 3 rings (SSSR count). The van der Waals surface area contributed by atoms with Crippen molar-refractivity contribution in [3.63, 3.8) is 0 Å². The maximum atomic E-state index is 12.1. The predicted molar refractivity (Wildman–Crippen MR) is 76.6 cm³/mol. The van der Waals surface area contributed by atoms with E-state index in [0.29, 0.717) is 5.56 Å². The Kier molecular flexibility index (Phi) is 3.58. The van der Waals surface area contributed by atoms with Crippen LogP contribution >= 0.6 is 0 Å². The molecule has 0 saturated carbocycles. The smallest absolute Gasteiger partial charge is 0.253 e. The number of pyridine rings is 2. The lowest BCUT2D eigenvalue weighted by atomic mass is 10.2. The molecular weight excluding hydrogens is 252 g/mol. The van der Waals surface area contributed by atoms with Crippen molar-refractivity contribution in [3.05, 3.63) is 54.5 Å². The number of carbonyl (C=O) groups excluding carboxylic acids is 1. The molecule has 2 aromatic rings. The minimum absolute atomic E-state index is 0.0639. The van der Waals surface area contributed by atoms with Gasteiger partial charge in [0.15, 0.2) is 0 Å². The Morgan fingerprint density at radius 2 is 2.20 bits per heavy atom. The summed E-state index contributed by atoms with van der Waals surface area (Å²) in [6.45, 7) is 1.71. The van der Waals surface area contributed by atoms with Gasteiger partial charge in [0.2, 0.25) is 0 Å². The molecular formula is C15H16N4O. The highest BCUT2D eigenvalue weighted by Crippen LogP contribution is 2.17. The molecule has 1 unspecified atom stereocenters. The molecule has 1 saturated heterocycles. The molecule has 2 aromatic heterocycles. The Morgan fingerprint density at radius 1 is 1.25 bits per heavy atom. The number of amides is 1. The molecule has 0 aliphatic carbocycles. The van der Waals surface area contributed by atoms with E-state index >= 15 is 0 Å². The topological polar surface area (TPSA) is 58.1 Å². The van der Waals surface area contributed by atoms with Gasteiger partial charge in [0.25, 0.3) is 5.91 Å². The van der Waals surface area contributed by atoms with Gasteiger partial charge < -0.3 is 10.2 Å². The highest BCUT2D eigenvalue weighted by Gasteiger charge is 2.24. The van der Waals surface area contributed by atoms with E-state index in [-0.39, 0.29) is 11.9 Å². The summed E-state index contributed by atoms with van der Waals surface area (Å²) < 4.78 is 0. The number of hydrogen-bond acceptors (Lipinski definition) is 4. The van der Waals surface area contributed by atoms with Crippen LogP contribution in [0.5, 0.6) is 0 Å². The second kappa shape index (κ2) is 5.69. The van der Waals surface area contributed by atoms with Gasteiger partial charge in [-0.05, 0) is 30.7 Å². The zero-order chi connectivity index (χ0) is 13.8. The van der Waals surface area contributed by atoms with Crippen molar-refractivity contribution in [3.8, 4) is 0 Å². The molecule has 1 aliphatic heterocycles. The molecule has 5 nitrogen and oxygen atoms in total. The van der Waals surface area contributed by atoms with Crippen molar-refractivity contribution in [2.75, 3.05) is 18.0 Å². The van der Waals surface area contributed by atoms with Crippen LogP contribution < -0.4 is 10.2 Å². The second-order valence-corrected chi connectivity index (χ2v) is 4.83. The van der Waals surface area contributed by atoms with E-state index in [9.17, 15) is 4.79 Å². The van der Waals surface area contributed by atoms with Crippen molar-refractivity contribution in [1.29, 1.82) is 0 Å². The van der Waals surface area contributed by atoms with Crippen LogP contribution in [0.25, 0.3) is 0 Å². The number of nitrogens with zero attached hydrogens (tertiary/aromatic N) is 3. The lowest BCUT2D eigenvalue weighted by Crippen LogP contribution is -2.37. The lowest BCUT2D eigenvalue weighted by molar-refractivity contribution is 0.0940. The molecule has 1 atom stereocenters. The van der Waals surface area contributed by atoms with Crippen molar-refractivity contribution >= 4 is 11.7 Å². The van der Waals surface area contributed by atoms with E-state index in [0.717, 1.165) is 25.3 Å². The normalized spacial score (nSPS) is 18.0. The second-order valence-electron chi connectivity index (χ2n) is 4.83. The third-order valence-corrected chi connectivity index (χ3v) is 3.42. The van der Waals surface area contributed by atoms with E-state index < -0.39 is 0 Å². The third kappa shape index (κ3) is 2.77. The van der Waals surface area contributed by atoms with Crippen molar-refractivity contribution in [2.45, 2.75) is 12.5 Å². The van der Waals surface area contributed by atoms with Gasteiger partial charge in [0.05, 0.1) is 5.56 Å². The molecule has 1 amide bonds. The van der Waals surface area contributed by atoms with E-state index in [1.54, 1.807) is 30.7 Å². The number of aromatic nitrogens is 2. The number of hydrogen-bond donors (Lipinski definition) is 1. The van der Waals surface area contributed by atoms with Gasteiger partial charge in [0.1, 0.15) is 5.82 Å². The average Bonchev–Trinajstić information content (AvgIpc) is 2.97. The molecule has 1 N–H and O–H groups in total. The summed E-state index contributed by atoms with van der Waals surface area (Å²) in [6.07, 6.45) is 5.97. The molecule has 0 radical (unpaired) electrons. The zero-order valence-corrected chi connectivity index (χ0v) is 11.1. The largest absolute Gasteiger partial charge is 0.354 e. The molecule has 0 spiro atoms. The molecule has 5 heteroatoms. The molecule has 3 heterocycles. The third-order valence-electron chi connectivity index (χ3n) is 3.42. The highest BCUT2D eigenvalue weighted by atomic mass is 16.1. The SMILES string of the molecule is O=C(NC1CCN(c2ccccn2)C1)c1cccnc1. The summed E-state index contributed by atoms with van der Waals surface area (Å²) in [4.78, 5) is 22.5. The number of anilines is 1. The van der Waals surface area contributed by atoms with Crippen molar-refractivity contribution < 1.29 is 4.79 Å². The van der Waals surface area contributed by atoms with E-state index in [1.807, 2.05) is 18.2 Å². The van der Waals surface area contributed by atoms with Gasteiger partial charge in [-0.1, -0.05) is 6.07 Å². The maximum Gasteiger partial charge on any atom is 0.253 e. The minimum Gasteiger partial charge on any atom is -0.354 e. The van der Waals surface area contributed by atoms with Gasteiger partial charge in [-0.15, -0.1) is 0 Å². The standard InChI is InChI=1S/C15H16N4O/c20-15(12-4-3-7-16-10-12)18-13-6-9-19(11-13)14-5-1-2-8-17-14/h1-5,7-8,10,13H,6,9,11H2,(H,18,20). The van der Waals surface area contributed by atoms with Gasteiger partial charge >= 0.3 is 0 Å². The number of carbonyl (C=O) groups is 1. The summed E-state index contributed by atoms with van der Waals surface area (Å²) in [5.41, 5.74) is 0.601. The zero-order valence-electron chi connectivity index (χ0n) is 11.1. The Bertz CT molecular complexity index is 573. The Balaban J connectivity index is 1.60. The van der Waals surface area contributed by atoms with Gasteiger partial charge in [-0.2, -0.15) is 0 Å². The van der Waals surface area contributed by atoms with E-state index in [1.165, 1.54) is 0 Å².